The number of hydrogen-bond donors (Lipinski definition) is 1. The van der Waals surface area contributed by atoms with Gasteiger partial charge >= 0.3 is 0 Å². The third-order valence-corrected chi connectivity index (χ3v) is 4.84. The van der Waals surface area contributed by atoms with Crippen molar-refractivity contribution in [2.45, 2.75) is 13.8 Å². The van der Waals surface area contributed by atoms with Gasteiger partial charge in [0.15, 0.2) is 0 Å². The SMILES string of the molecule is CC(C)C(CN)CN1CCN(S(C)(=O)=O)CC1. The van der Waals surface area contributed by atoms with Gasteiger partial charge in [-0.15, -0.1) is 0 Å². The Morgan fingerprint density at radius 2 is 1.71 bits per heavy atom. The molecule has 0 bridgehead atoms. The minimum absolute atomic E-state index is 0.500. The molecule has 0 aliphatic carbocycles. The molecular formula is C11H25N3O2S. The van der Waals surface area contributed by atoms with E-state index >= 15 is 0 Å². The highest BCUT2D eigenvalue weighted by molar-refractivity contribution is 7.88. The molecule has 1 aliphatic rings. The normalized spacial score (nSPS) is 21.9. The minimum atomic E-state index is -3.02. The predicted octanol–water partition coefficient (Wildman–Crippen LogP) is -0.205. The molecule has 1 aliphatic heterocycles. The highest BCUT2D eigenvalue weighted by Crippen LogP contribution is 2.13. The fourth-order valence-corrected chi connectivity index (χ4v) is 2.96. The molecule has 1 unspecified atom stereocenters. The molecular weight excluding hydrogens is 238 g/mol. The molecule has 1 rings (SSSR count). The van der Waals surface area contributed by atoms with Gasteiger partial charge in [0.25, 0.3) is 0 Å². The molecule has 0 saturated carbocycles. The summed E-state index contributed by atoms with van der Waals surface area (Å²) in [5.41, 5.74) is 5.75. The van der Waals surface area contributed by atoms with Crippen LogP contribution >= 0.6 is 0 Å². The van der Waals surface area contributed by atoms with E-state index in [2.05, 4.69) is 18.7 Å². The lowest BCUT2D eigenvalue weighted by atomic mass is 9.95. The summed E-state index contributed by atoms with van der Waals surface area (Å²) in [6, 6.07) is 0. The first kappa shape index (κ1) is 14.9. The van der Waals surface area contributed by atoms with Gasteiger partial charge < -0.3 is 10.6 Å². The van der Waals surface area contributed by atoms with Gasteiger partial charge in [0.1, 0.15) is 0 Å². The molecule has 5 nitrogen and oxygen atoms in total. The Balaban J connectivity index is 2.42. The summed E-state index contributed by atoms with van der Waals surface area (Å²) in [7, 11) is -3.02. The lowest BCUT2D eigenvalue weighted by Gasteiger charge is -2.35. The molecule has 0 amide bonds. The van der Waals surface area contributed by atoms with Crippen LogP contribution in [0.15, 0.2) is 0 Å². The van der Waals surface area contributed by atoms with E-state index in [1.807, 2.05) is 0 Å². The Kier molecular flexibility index (Phi) is 5.37. The van der Waals surface area contributed by atoms with Crippen LogP contribution in [0.4, 0.5) is 0 Å². The first-order chi connectivity index (χ1) is 7.84. The Morgan fingerprint density at radius 3 is 2.06 bits per heavy atom. The average molecular weight is 263 g/mol. The Hall–Kier alpha value is -0.170. The summed E-state index contributed by atoms with van der Waals surface area (Å²) in [4.78, 5) is 2.32. The summed E-state index contributed by atoms with van der Waals surface area (Å²) in [5.74, 6) is 1.08. The van der Waals surface area contributed by atoms with Gasteiger partial charge in [-0.25, -0.2) is 8.42 Å². The third-order valence-electron chi connectivity index (χ3n) is 3.54. The summed E-state index contributed by atoms with van der Waals surface area (Å²) in [5, 5.41) is 0. The van der Waals surface area contributed by atoms with Crippen molar-refractivity contribution < 1.29 is 8.42 Å². The summed E-state index contributed by atoms with van der Waals surface area (Å²) in [6.45, 7) is 8.89. The largest absolute Gasteiger partial charge is 0.330 e. The van der Waals surface area contributed by atoms with E-state index in [0.29, 0.717) is 31.5 Å². The van der Waals surface area contributed by atoms with Crippen LogP contribution in [0.5, 0.6) is 0 Å². The first-order valence-electron chi connectivity index (χ1n) is 6.22. The second kappa shape index (κ2) is 6.13. The van der Waals surface area contributed by atoms with Gasteiger partial charge in [-0.05, 0) is 18.4 Å². The van der Waals surface area contributed by atoms with Crippen LogP contribution in [-0.2, 0) is 10.0 Å². The number of piperazine rings is 1. The molecule has 1 fully saturated rings. The van der Waals surface area contributed by atoms with E-state index in [9.17, 15) is 8.42 Å². The minimum Gasteiger partial charge on any atom is -0.330 e. The molecule has 102 valence electrons. The van der Waals surface area contributed by atoms with Crippen molar-refractivity contribution in [3.63, 3.8) is 0 Å². The van der Waals surface area contributed by atoms with E-state index < -0.39 is 10.0 Å². The molecule has 0 aromatic heterocycles. The van der Waals surface area contributed by atoms with E-state index in [0.717, 1.165) is 19.6 Å². The molecule has 1 heterocycles. The second-order valence-electron chi connectivity index (χ2n) is 5.20. The standard InChI is InChI=1S/C11H25N3O2S/c1-10(2)11(8-12)9-13-4-6-14(7-5-13)17(3,15)16/h10-11H,4-9,12H2,1-3H3. The van der Waals surface area contributed by atoms with E-state index in [4.69, 9.17) is 5.73 Å². The molecule has 0 aromatic rings. The zero-order valence-electron chi connectivity index (χ0n) is 11.1. The van der Waals surface area contributed by atoms with Gasteiger partial charge in [-0.3, -0.25) is 0 Å². The monoisotopic (exact) mass is 263 g/mol. The molecule has 2 N–H and O–H groups in total. The van der Waals surface area contributed by atoms with E-state index in [1.165, 1.54) is 6.26 Å². The lowest BCUT2D eigenvalue weighted by molar-refractivity contribution is 0.151. The summed E-state index contributed by atoms with van der Waals surface area (Å²) >= 11 is 0. The van der Waals surface area contributed by atoms with Crippen molar-refractivity contribution in [3.05, 3.63) is 0 Å². The van der Waals surface area contributed by atoms with E-state index in [-0.39, 0.29) is 0 Å². The van der Waals surface area contributed by atoms with Crippen LogP contribution in [0, 0.1) is 11.8 Å². The fraction of sp³-hybridized carbons (Fsp3) is 1.00. The Morgan fingerprint density at radius 1 is 1.18 bits per heavy atom. The van der Waals surface area contributed by atoms with Gasteiger partial charge in [0, 0.05) is 32.7 Å². The second-order valence-corrected chi connectivity index (χ2v) is 7.18. The van der Waals surface area contributed by atoms with Gasteiger partial charge in [0.2, 0.25) is 10.0 Å². The highest BCUT2D eigenvalue weighted by Gasteiger charge is 2.25. The average Bonchev–Trinajstić information content (AvgIpc) is 2.25. The van der Waals surface area contributed by atoms with Crippen LogP contribution < -0.4 is 5.73 Å². The fourth-order valence-electron chi connectivity index (χ4n) is 2.13. The zero-order chi connectivity index (χ0) is 13.1. The van der Waals surface area contributed by atoms with Crippen LogP contribution in [0.3, 0.4) is 0 Å². The zero-order valence-corrected chi connectivity index (χ0v) is 11.9. The number of sulfonamides is 1. The smallest absolute Gasteiger partial charge is 0.211 e. The van der Waals surface area contributed by atoms with Crippen LogP contribution in [-0.4, -0.2) is 63.1 Å². The first-order valence-corrected chi connectivity index (χ1v) is 8.07. The maximum absolute atomic E-state index is 11.4. The third kappa shape index (κ3) is 4.54. The number of nitrogens with two attached hydrogens (primary N) is 1. The maximum Gasteiger partial charge on any atom is 0.211 e. The Labute approximate surface area is 105 Å². The summed E-state index contributed by atoms with van der Waals surface area (Å²) in [6.07, 6.45) is 1.28. The van der Waals surface area contributed by atoms with Gasteiger partial charge in [-0.1, -0.05) is 13.8 Å². The van der Waals surface area contributed by atoms with Crippen molar-refractivity contribution in [2.75, 3.05) is 45.5 Å². The molecule has 1 saturated heterocycles. The number of rotatable bonds is 5. The molecule has 17 heavy (non-hydrogen) atoms. The van der Waals surface area contributed by atoms with Crippen molar-refractivity contribution in [2.24, 2.45) is 17.6 Å². The topological polar surface area (TPSA) is 66.6 Å². The lowest BCUT2D eigenvalue weighted by Crippen LogP contribution is -2.50. The van der Waals surface area contributed by atoms with Crippen LogP contribution in [0.2, 0.25) is 0 Å². The van der Waals surface area contributed by atoms with Crippen molar-refractivity contribution >= 4 is 10.0 Å². The number of hydrogen-bond acceptors (Lipinski definition) is 4. The van der Waals surface area contributed by atoms with Gasteiger partial charge in [-0.2, -0.15) is 4.31 Å². The molecule has 0 radical (unpaired) electrons. The van der Waals surface area contributed by atoms with Crippen molar-refractivity contribution in [3.8, 4) is 0 Å². The predicted molar refractivity (Wildman–Crippen MR) is 70.2 cm³/mol. The number of nitrogens with zero attached hydrogens (tertiary/aromatic N) is 2. The van der Waals surface area contributed by atoms with Crippen molar-refractivity contribution in [1.82, 2.24) is 9.21 Å². The van der Waals surface area contributed by atoms with Crippen LogP contribution in [0.1, 0.15) is 13.8 Å². The van der Waals surface area contributed by atoms with Crippen LogP contribution in [0.25, 0.3) is 0 Å². The summed E-state index contributed by atoms with van der Waals surface area (Å²) < 4.78 is 24.3. The molecule has 1 atom stereocenters. The van der Waals surface area contributed by atoms with Gasteiger partial charge in [0.05, 0.1) is 6.26 Å². The quantitative estimate of drug-likeness (QED) is 0.745. The van der Waals surface area contributed by atoms with Crippen molar-refractivity contribution in [1.29, 1.82) is 0 Å². The molecule has 0 aromatic carbocycles. The van der Waals surface area contributed by atoms with E-state index in [1.54, 1.807) is 4.31 Å². The highest BCUT2D eigenvalue weighted by atomic mass is 32.2. The maximum atomic E-state index is 11.4. The molecule has 6 heteroatoms. The Bertz CT molecular complexity index is 322. The molecule has 0 spiro atoms.